The third-order valence-electron chi connectivity index (χ3n) is 1.94. The van der Waals surface area contributed by atoms with Gasteiger partial charge in [0.05, 0.1) is 0 Å². The van der Waals surface area contributed by atoms with Gasteiger partial charge < -0.3 is 0 Å². The number of hydrogen-bond donors (Lipinski definition) is 0. The van der Waals surface area contributed by atoms with Crippen LogP contribution in [0.15, 0.2) is 35.5 Å². The molecule has 0 aliphatic carbocycles. The maximum Gasteiger partial charge on any atom is -0.0323 e. The Morgan fingerprint density at radius 3 is 2.17 bits per heavy atom. The molecule has 0 radical (unpaired) electrons. The molecule has 0 aliphatic heterocycles. The Balaban J connectivity index is 4.17. The number of hydrogen-bond acceptors (Lipinski definition) is 0. The molecule has 0 unspecified atom stereocenters. The number of allylic oxidation sites excluding steroid dienone is 5. The van der Waals surface area contributed by atoms with Crippen LogP contribution in [0.1, 0.15) is 40.5 Å². The van der Waals surface area contributed by atoms with Gasteiger partial charge in [0, 0.05) is 0 Å². The highest BCUT2D eigenvalue weighted by Crippen LogP contribution is 2.08. The second-order valence-electron chi connectivity index (χ2n) is 3.39. The van der Waals surface area contributed by atoms with Gasteiger partial charge in [-0.1, -0.05) is 43.2 Å². The molecule has 0 fully saturated rings. The molecule has 0 aromatic rings. The summed E-state index contributed by atoms with van der Waals surface area (Å²) in [6.07, 6.45) is 6.75. The molecule has 12 heavy (non-hydrogen) atoms. The highest BCUT2D eigenvalue weighted by molar-refractivity contribution is 5.28. The summed E-state index contributed by atoms with van der Waals surface area (Å²) in [6, 6.07) is 0. The van der Waals surface area contributed by atoms with Gasteiger partial charge in [-0.25, -0.2) is 0 Å². The van der Waals surface area contributed by atoms with Gasteiger partial charge in [-0.05, 0) is 32.8 Å². The summed E-state index contributed by atoms with van der Waals surface area (Å²) in [5, 5.41) is 0. The van der Waals surface area contributed by atoms with Crippen LogP contribution in [0.4, 0.5) is 0 Å². The van der Waals surface area contributed by atoms with E-state index < -0.39 is 0 Å². The Hall–Kier alpha value is -0.780. The molecule has 0 heterocycles. The lowest BCUT2D eigenvalue weighted by Crippen LogP contribution is -1.77. The van der Waals surface area contributed by atoms with Crippen molar-refractivity contribution in [3.8, 4) is 0 Å². The second kappa shape index (κ2) is 5.82. The molecular weight excluding hydrogens is 144 g/mol. The molecule has 0 aromatic carbocycles. The van der Waals surface area contributed by atoms with Crippen molar-refractivity contribution >= 4 is 0 Å². The van der Waals surface area contributed by atoms with Crippen molar-refractivity contribution in [2.75, 3.05) is 0 Å². The van der Waals surface area contributed by atoms with Crippen LogP contribution in [0.2, 0.25) is 0 Å². The average Bonchev–Trinajstić information content (AvgIpc) is 2.00. The van der Waals surface area contributed by atoms with E-state index in [4.69, 9.17) is 0 Å². The van der Waals surface area contributed by atoms with Crippen molar-refractivity contribution in [2.45, 2.75) is 40.5 Å². The van der Waals surface area contributed by atoms with Gasteiger partial charge in [-0.3, -0.25) is 0 Å². The van der Waals surface area contributed by atoms with Gasteiger partial charge in [-0.15, -0.1) is 0 Å². The first-order chi connectivity index (χ1) is 5.57. The maximum atomic E-state index is 3.88. The molecule has 0 atom stereocenters. The number of rotatable bonds is 4. The van der Waals surface area contributed by atoms with Gasteiger partial charge in [0.15, 0.2) is 0 Å². The van der Waals surface area contributed by atoms with Crippen LogP contribution in [0.5, 0.6) is 0 Å². The molecule has 0 spiro atoms. The molecule has 0 bridgehead atoms. The second-order valence-corrected chi connectivity index (χ2v) is 3.39. The molecule has 0 heteroatoms. The van der Waals surface area contributed by atoms with E-state index in [1.807, 2.05) is 6.92 Å². The summed E-state index contributed by atoms with van der Waals surface area (Å²) in [5.74, 6) is 0. The van der Waals surface area contributed by atoms with Crippen LogP contribution in [0.25, 0.3) is 0 Å². The Bertz CT molecular complexity index is 204. The van der Waals surface area contributed by atoms with E-state index in [9.17, 15) is 0 Å². The van der Waals surface area contributed by atoms with E-state index in [0.29, 0.717) is 0 Å². The van der Waals surface area contributed by atoms with E-state index in [0.717, 1.165) is 5.57 Å². The monoisotopic (exact) mass is 164 g/mol. The molecule has 0 nitrogen and oxygen atoms in total. The fraction of sp³-hybridized carbons (Fsp3) is 0.500. The molecule has 0 rings (SSSR count). The summed E-state index contributed by atoms with van der Waals surface area (Å²) in [5.41, 5.74) is 3.86. The zero-order valence-electron chi connectivity index (χ0n) is 8.78. The van der Waals surface area contributed by atoms with Crippen LogP contribution in [-0.4, -0.2) is 0 Å². The van der Waals surface area contributed by atoms with E-state index in [2.05, 4.69) is 39.5 Å². The van der Waals surface area contributed by atoms with Crippen LogP contribution >= 0.6 is 0 Å². The first kappa shape index (κ1) is 11.2. The SMILES string of the molecule is C=C(C)/C(C)=C\C=C(\C)CCC. The topological polar surface area (TPSA) is 0 Å². The lowest BCUT2D eigenvalue weighted by Gasteiger charge is -1.97. The lowest BCUT2D eigenvalue weighted by molar-refractivity contribution is 0.905. The van der Waals surface area contributed by atoms with Crippen molar-refractivity contribution in [1.29, 1.82) is 0 Å². The molecule has 0 saturated heterocycles. The molecule has 0 N–H and O–H groups in total. The molecule has 0 amide bonds. The van der Waals surface area contributed by atoms with Crippen molar-refractivity contribution in [2.24, 2.45) is 0 Å². The zero-order valence-corrected chi connectivity index (χ0v) is 8.78. The van der Waals surface area contributed by atoms with Gasteiger partial charge in [0.1, 0.15) is 0 Å². The summed E-state index contributed by atoms with van der Waals surface area (Å²) in [4.78, 5) is 0. The van der Waals surface area contributed by atoms with Crippen molar-refractivity contribution in [3.63, 3.8) is 0 Å². The van der Waals surface area contributed by atoms with Crippen LogP contribution in [0.3, 0.4) is 0 Å². The Morgan fingerprint density at radius 2 is 1.75 bits per heavy atom. The zero-order chi connectivity index (χ0) is 9.56. The minimum atomic E-state index is 1.15. The smallest absolute Gasteiger partial charge is 0.0323 e. The summed E-state index contributed by atoms with van der Waals surface area (Å²) in [7, 11) is 0. The normalized spacial score (nSPS) is 13.3. The van der Waals surface area contributed by atoms with Gasteiger partial charge in [0.2, 0.25) is 0 Å². The molecule has 0 saturated carbocycles. The minimum absolute atomic E-state index is 1.15. The third kappa shape index (κ3) is 4.95. The Kier molecular flexibility index (Phi) is 5.44. The van der Waals surface area contributed by atoms with E-state index >= 15 is 0 Å². The van der Waals surface area contributed by atoms with Crippen molar-refractivity contribution in [3.05, 3.63) is 35.5 Å². The first-order valence-electron chi connectivity index (χ1n) is 4.57. The summed E-state index contributed by atoms with van der Waals surface area (Å²) in [6.45, 7) is 12.4. The fourth-order valence-corrected chi connectivity index (χ4v) is 0.887. The van der Waals surface area contributed by atoms with E-state index in [-0.39, 0.29) is 0 Å². The fourth-order valence-electron chi connectivity index (χ4n) is 0.887. The predicted molar refractivity (Wildman–Crippen MR) is 57.2 cm³/mol. The summed E-state index contributed by atoms with van der Waals surface area (Å²) >= 11 is 0. The lowest BCUT2D eigenvalue weighted by atomic mass is 10.1. The van der Waals surface area contributed by atoms with Crippen molar-refractivity contribution in [1.82, 2.24) is 0 Å². The standard InChI is InChI=1S/C12H20/c1-6-7-11(4)8-9-12(5)10(2)3/h8-9H,2,6-7H2,1,3-5H3/b11-8-,12-9-. The average molecular weight is 164 g/mol. The first-order valence-corrected chi connectivity index (χ1v) is 4.57. The Labute approximate surface area is 76.7 Å². The van der Waals surface area contributed by atoms with Gasteiger partial charge >= 0.3 is 0 Å². The minimum Gasteiger partial charge on any atom is -0.0958 e. The van der Waals surface area contributed by atoms with Crippen molar-refractivity contribution < 1.29 is 0 Å². The highest BCUT2D eigenvalue weighted by Gasteiger charge is 1.87. The highest BCUT2D eigenvalue weighted by atomic mass is 13.9. The van der Waals surface area contributed by atoms with E-state index in [1.165, 1.54) is 24.0 Å². The third-order valence-corrected chi connectivity index (χ3v) is 1.94. The Morgan fingerprint density at radius 1 is 1.17 bits per heavy atom. The van der Waals surface area contributed by atoms with Gasteiger partial charge in [0.25, 0.3) is 0 Å². The summed E-state index contributed by atoms with van der Waals surface area (Å²) < 4.78 is 0. The molecule has 0 aliphatic rings. The maximum absolute atomic E-state index is 3.88. The largest absolute Gasteiger partial charge is 0.0958 e. The van der Waals surface area contributed by atoms with Crippen LogP contribution in [0, 0.1) is 0 Å². The van der Waals surface area contributed by atoms with Crippen LogP contribution < -0.4 is 0 Å². The van der Waals surface area contributed by atoms with Crippen LogP contribution in [-0.2, 0) is 0 Å². The predicted octanol–water partition coefficient (Wildman–Crippen LogP) is 4.26. The van der Waals surface area contributed by atoms with E-state index in [1.54, 1.807) is 0 Å². The molecule has 0 aromatic heterocycles. The quantitative estimate of drug-likeness (QED) is 0.545. The molecular formula is C12H20. The van der Waals surface area contributed by atoms with Gasteiger partial charge in [-0.2, -0.15) is 0 Å². The molecule has 68 valence electrons.